The molecule has 1 amide bonds. The summed E-state index contributed by atoms with van der Waals surface area (Å²) in [5, 5.41) is 15.2. The Hall–Kier alpha value is -3.23. The number of carbonyl (C=O) groups is 2. The van der Waals surface area contributed by atoms with E-state index in [1.807, 2.05) is 0 Å². The summed E-state index contributed by atoms with van der Waals surface area (Å²) in [7, 11) is 0. The first-order chi connectivity index (χ1) is 15.4. The van der Waals surface area contributed by atoms with Crippen LogP contribution in [-0.4, -0.2) is 28.0 Å². The van der Waals surface area contributed by atoms with Crippen molar-refractivity contribution < 1.29 is 14.7 Å². The maximum Gasteiger partial charge on any atom is 0.326 e. The number of hydrogen-bond donors (Lipinski definition) is 3. The SMILES string of the molecule is CC(C)(C)c1c(N[C@@H](Cc2ccc(NC(=O)c3c(Cl)cncc3Cl)cc2)C(=O)O)c(=O)c1=O. The van der Waals surface area contributed by atoms with Crippen molar-refractivity contribution in [2.45, 2.75) is 38.6 Å². The summed E-state index contributed by atoms with van der Waals surface area (Å²) < 4.78 is 0. The van der Waals surface area contributed by atoms with Crippen LogP contribution in [0.3, 0.4) is 0 Å². The quantitative estimate of drug-likeness (QED) is 0.432. The normalized spacial score (nSPS) is 12.4. The van der Waals surface area contributed by atoms with Gasteiger partial charge in [-0.3, -0.25) is 19.4 Å². The van der Waals surface area contributed by atoms with E-state index in [1.54, 1.807) is 45.0 Å². The molecule has 1 atom stereocenters. The lowest BCUT2D eigenvalue weighted by molar-refractivity contribution is -0.137. The van der Waals surface area contributed by atoms with Gasteiger partial charge >= 0.3 is 5.97 Å². The molecule has 8 nitrogen and oxygen atoms in total. The van der Waals surface area contributed by atoms with Crippen LogP contribution >= 0.6 is 23.2 Å². The van der Waals surface area contributed by atoms with Crippen LogP contribution in [0.25, 0.3) is 0 Å². The van der Waals surface area contributed by atoms with Crippen LogP contribution in [0.5, 0.6) is 0 Å². The predicted octanol–water partition coefficient (Wildman–Crippen LogP) is 3.64. The van der Waals surface area contributed by atoms with Gasteiger partial charge in [0.25, 0.3) is 5.91 Å². The zero-order chi connectivity index (χ0) is 24.5. The number of carboxylic acid groups (broad SMARTS) is 1. The zero-order valence-electron chi connectivity index (χ0n) is 18.0. The molecule has 0 saturated carbocycles. The highest BCUT2D eigenvalue weighted by atomic mass is 35.5. The van der Waals surface area contributed by atoms with Crippen LogP contribution in [0.1, 0.15) is 42.3 Å². The number of anilines is 2. The molecular weight excluding hydrogens is 469 g/mol. The fourth-order valence-corrected chi connectivity index (χ4v) is 3.94. The number of nitrogens with zero attached hydrogens (tertiary/aromatic N) is 1. The van der Waals surface area contributed by atoms with E-state index in [0.717, 1.165) is 0 Å². The van der Waals surface area contributed by atoms with E-state index in [0.29, 0.717) is 16.8 Å². The van der Waals surface area contributed by atoms with E-state index in [9.17, 15) is 24.3 Å². The van der Waals surface area contributed by atoms with Crippen molar-refractivity contribution in [1.82, 2.24) is 4.98 Å². The summed E-state index contributed by atoms with van der Waals surface area (Å²) in [6.45, 7) is 5.34. The molecule has 0 saturated heterocycles. The number of carbonyl (C=O) groups excluding carboxylic acids is 1. The number of rotatable bonds is 7. The first-order valence-electron chi connectivity index (χ1n) is 9.92. The Morgan fingerprint density at radius 1 is 1.03 bits per heavy atom. The Morgan fingerprint density at radius 3 is 2.12 bits per heavy atom. The molecule has 0 unspecified atom stereocenters. The van der Waals surface area contributed by atoms with Crippen molar-refractivity contribution in [3.8, 4) is 0 Å². The molecular formula is C23H21Cl2N3O5. The van der Waals surface area contributed by atoms with Gasteiger partial charge in [0.2, 0.25) is 10.9 Å². The molecule has 1 heterocycles. The molecule has 0 aliphatic rings. The molecule has 3 rings (SSSR count). The number of carboxylic acids is 1. The van der Waals surface area contributed by atoms with Crippen LogP contribution in [-0.2, 0) is 16.6 Å². The standard InChI is InChI=1S/C23H21Cl2N3O5/c1-23(2,3)17-18(20(30)19(17)29)28-15(22(32)33)8-11-4-6-12(7-5-11)27-21(31)16-13(24)9-26-10-14(16)25/h4-7,9-10,15,28H,8H2,1-3H3,(H,27,31)(H,32,33)/t15-/m0/s1. The van der Waals surface area contributed by atoms with Gasteiger partial charge in [-0.25, -0.2) is 4.79 Å². The smallest absolute Gasteiger partial charge is 0.326 e. The molecule has 0 aliphatic carbocycles. The van der Waals surface area contributed by atoms with Gasteiger partial charge in [-0.1, -0.05) is 56.1 Å². The lowest BCUT2D eigenvalue weighted by Crippen LogP contribution is -2.46. The Bertz CT molecular complexity index is 1270. The minimum absolute atomic E-state index is 0.0496. The Morgan fingerprint density at radius 2 is 1.61 bits per heavy atom. The minimum Gasteiger partial charge on any atom is -0.480 e. The van der Waals surface area contributed by atoms with Gasteiger partial charge in [-0.05, 0) is 23.1 Å². The fraction of sp³-hybridized carbons (Fsp3) is 0.261. The molecule has 33 heavy (non-hydrogen) atoms. The lowest BCUT2D eigenvalue weighted by atomic mass is 9.82. The first kappa shape index (κ1) is 24.4. The van der Waals surface area contributed by atoms with Crippen LogP contribution in [0.2, 0.25) is 10.0 Å². The highest BCUT2D eigenvalue weighted by molar-refractivity contribution is 6.40. The summed E-state index contributed by atoms with van der Waals surface area (Å²) in [6, 6.07) is 5.38. The number of nitrogens with one attached hydrogen (secondary N) is 2. The second-order valence-corrected chi connectivity index (χ2v) is 9.34. The molecule has 1 aromatic heterocycles. The average Bonchev–Trinajstić information content (AvgIpc) is 2.72. The second kappa shape index (κ2) is 9.33. The van der Waals surface area contributed by atoms with Gasteiger partial charge in [-0.15, -0.1) is 0 Å². The van der Waals surface area contributed by atoms with E-state index in [2.05, 4.69) is 15.6 Å². The first-order valence-corrected chi connectivity index (χ1v) is 10.7. The van der Waals surface area contributed by atoms with Crippen molar-refractivity contribution in [2.24, 2.45) is 0 Å². The molecule has 0 spiro atoms. The largest absolute Gasteiger partial charge is 0.480 e. The topological polar surface area (TPSA) is 125 Å². The predicted molar refractivity (Wildman–Crippen MR) is 127 cm³/mol. The fourth-order valence-electron chi connectivity index (χ4n) is 3.40. The number of benzene rings is 1. The molecule has 2 aromatic carbocycles. The summed E-state index contributed by atoms with van der Waals surface area (Å²) in [5.74, 6) is -1.68. The van der Waals surface area contributed by atoms with Crippen molar-refractivity contribution >= 4 is 46.5 Å². The van der Waals surface area contributed by atoms with E-state index in [1.165, 1.54) is 12.4 Å². The van der Waals surface area contributed by atoms with Gasteiger partial charge in [0.05, 0.1) is 21.3 Å². The van der Waals surface area contributed by atoms with E-state index in [-0.39, 0.29) is 27.7 Å². The van der Waals surface area contributed by atoms with Gasteiger partial charge in [0, 0.05) is 30.1 Å². The maximum absolute atomic E-state index is 12.5. The van der Waals surface area contributed by atoms with Crippen LogP contribution in [0, 0.1) is 0 Å². The molecule has 0 radical (unpaired) electrons. The molecule has 0 fully saturated rings. The third-order valence-electron chi connectivity index (χ3n) is 5.01. The highest BCUT2D eigenvalue weighted by Gasteiger charge is 2.32. The zero-order valence-corrected chi connectivity index (χ0v) is 19.5. The molecule has 10 heteroatoms. The Kier molecular flexibility index (Phi) is 6.90. The van der Waals surface area contributed by atoms with Gasteiger partial charge in [0.1, 0.15) is 6.04 Å². The molecule has 172 valence electrons. The summed E-state index contributed by atoms with van der Waals surface area (Å²) in [5.41, 5.74) is -0.359. The van der Waals surface area contributed by atoms with Gasteiger partial charge in [0.15, 0.2) is 0 Å². The minimum atomic E-state index is -1.16. The summed E-state index contributed by atoms with van der Waals surface area (Å²) in [4.78, 5) is 52.0. The number of pyridine rings is 1. The van der Waals surface area contributed by atoms with E-state index >= 15 is 0 Å². The van der Waals surface area contributed by atoms with Crippen LogP contribution < -0.4 is 21.5 Å². The van der Waals surface area contributed by atoms with E-state index in [4.69, 9.17) is 23.2 Å². The lowest BCUT2D eigenvalue weighted by Gasteiger charge is -2.26. The van der Waals surface area contributed by atoms with Gasteiger partial charge in [-0.2, -0.15) is 0 Å². The van der Waals surface area contributed by atoms with Crippen molar-refractivity contribution in [2.75, 3.05) is 10.6 Å². The summed E-state index contributed by atoms with van der Waals surface area (Å²) >= 11 is 12.0. The van der Waals surface area contributed by atoms with Crippen LogP contribution in [0.4, 0.5) is 11.4 Å². The number of aromatic nitrogens is 1. The molecule has 0 aliphatic heterocycles. The van der Waals surface area contributed by atoms with Crippen molar-refractivity contribution in [3.63, 3.8) is 0 Å². The molecule has 3 aromatic rings. The van der Waals surface area contributed by atoms with Crippen molar-refractivity contribution in [3.05, 3.63) is 83.8 Å². The van der Waals surface area contributed by atoms with E-state index < -0.39 is 34.2 Å². The number of hydrogen-bond acceptors (Lipinski definition) is 6. The van der Waals surface area contributed by atoms with Crippen molar-refractivity contribution in [1.29, 1.82) is 0 Å². The third kappa shape index (κ3) is 5.23. The monoisotopic (exact) mass is 489 g/mol. The maximum atomic E-state index is 12.5. The third-order valence-corrected chi connectivity index (χ3v) is 5.58. The number of aliphatic carboxylic acids is 1. The number of halogens is 2. The van der Waals surface area contributed by atoms with Crippen LogP contribution in [0.15, 0.2) is 46.2 Å². The number of amides is 1. The second-order valence-electron chi connectivity index (χ2n) is 8.53. The molecule has 0 bridgehead atoms. The summed E-state index contributed by atoms with van der Waals surface area (Å²) in [6.07, 6.45) is 2.67. The highest BCUT2D eigenvalue weighted by Crippen LogP contribution is 2.27. The Balaban J connectivity index is 1.74. The van der Waals surface area contributed by atoms with Gasteiger partial charge < -0.3 is 15.7 Å². The Labute approximate surface area is 199 Å². The average molecular weight is 490 g/mol. The molecule has 3 N–H and O–H groups in total.